The Hall–Kier alpha value is -1.49. The van der Waals surface area contributed by atoms with Crippen molar-refractivity contribution in [3.63, 3.8) is 0 Å². The van der Waals surface area contributed by atoms with E-state index in [1.54, 1.807) is 0 Å². The second-order valence-corrected chi connectivity index (χ2v) is 6.96. The van der Waals surface area contributed by atoms with E-state index in [-0.39, 0.29) is 5.60 Å². The average Bonchev–Trinajstić information content (AvgIpc) is 2.40. The molecule has 5 heteroatoms. The molecule has 0 radical (unpaired) electrons. The molecule has 1 aromatic heterocycles. The lowest BCUT2D eigenvalue weighted by atomic mass is 10.0. The highest BCUT2D eigenvalue weighted by Gasteiger charge is 2.23. The zero-order valence-corrected chi connectivity index (χ0v) is 13.9. The van der Waals surface area contributed by atoms with Crippen molar-refractivity contribution in [1.29, 1.82) is 0 Å². The molecule has 0 bridgehead atoms. The number of rotatable bonds is 3. The molecule has 5 nitrogen and oxygen atoms in total. The highest BCUT2D eigenvalue weighted by molar-refractivity contribution is 5.55. The Labute approximate surface area is 128 Å². The van der Waals surface area contributed by atoms with E-state index >= 15 is 0 Å². The maximum Gasteiger partial charge on any atom is 0.239 e. The lowest BCUT2D eigenvalue weighted by molar-refractivity contribution is 0.125. The summed E-state index contributed by atoms with van der Waals surface area (Å²) in [6.45, 7) is 8.06. The second-order valence-electron chi connectivity index (χ2n) is 6.96. The van der Waals surface area contributed by atoms with Gasteiger partial charge < -0.3 is 20.3 Å². The van der Waals surface area contributed by atoms with Crippen molar-refractivity contribution in [1.82, 2.24) is 9.88 Å². The Morgan fingerprint density at radius 2 is 1.86 bits per heavy atom. The number of nitrogens with two attached hydrogens (primary N) is 1. The van der Waals surface area contributed by atoms with E-state index in [1.807, 2.05) is 32.9 Å². The topological polar surface area (TPSA) is 54.6 Å². The number of nitrogens with zero attached hydrogens (tertiary/aromatic N) is 3. The molecule has 0 unspecified atom stereocenters. The molecule has 1 saturated heterocycles. The third-order valence-corrected chi connectivity index (χ3v) is 3.80. The van der Waals surface area contributed by atoms with Gasteiger partial charge in [-0.25, -0.2) is 0 Å². The normalized spacial score (nSPS) is 17.3. The van der Waals surface area contributed by atoms with Gasteiger partial charge in [-0.3, -0.25) is 0 Å². The number of nitrogen functional groups attached to an aromatic ring is 1. The van der Waals surface area contributed by atoms with Crippen LogP contribution in [0.1, 0.15) is 33.6 Å². The molecular weight excluding hydrogens is 264 g/mol. The monoisotopic (exact) mass is 292 g/mol. The molecule has 1 fully saturated rings. The molecule has 2 heterocycles. The number of pyridine rings is 1. The first-order chi connectivity index (χ1) is 9.76. The van der Waals surface area contributed by atoms with Crippen LogP contribution in [0.4, 0.5) is 11.5 Å². The third-order valence-electron chi connectivity index (χ3n) is 3.80. The van der Waals surface area contributed by atoms with Crippen molar-refractivity contribution in [3.05, 3.63) is 12.1 Å². The van der Waals surface area contributed by atoms with Crippen LogP contribution in [-0.4, -0.2) is 48.7 Å². The standard InChI is InChI=1S/C16H28N4O/c1-16(2,3)21-15-13(17)6-7-14(18-15)20-10-8-12(9-11-20)19(4)5/h6-7,12H,8-11,17H2,1-5H3. The van der Waals surface area contributed by atoms with Crippen LogP contribution in [0.3, 0.4) is 0 Å². The summed E-state index contributed by atoms with van der Waals surface area (Å²) in [5.74, 6) is 1.50. The second kappa shape index (κ2) is 6.10. The van der Waals surface area contributed by atoms with E-state index in [0.717, 1.165) is 31.7 Å². The van der Waals surface area contributed by atoms with E-state index < -0.39 is 0 Å². The molecule has 0 amide bonds. The van der Waals surface area contributed by atoms with Gasteiger partial charge in [0.25, 0.3) is 0 Å². The Balaban J connectivity index is 2.09. The van der Waals surface area contributed by atoms with E-state index in [0.29, 0.717) is 17.6 Å². The van der Waals surface area contributed by atoms with Gasteiger partial charge in [-0.1, -0.05) is 0 Å². The van der Waals surface area contributed by atoms with Crippen LogP contribution < -0.4 is 15.4 Å². The maximum absolute atomic E-state index is 5.98. The summed E-state index contributed by atoms with van der Waals surface area (Å²) in [6, 6.07) is 4.54. The Bertz CT molecular complexity index is 474. The van der Waals surface area contributed by atoms with Crippen molar-refractivity contribution >= 4 is 11.5 Å². The van der Waals surface area contributed by atoms with Crippen LogP contribution in [0.25, 0.3) is 0 Å². The molecule has 2 rings (SSSR count). The van der Waals surface area contributed by atoms with Crippen LogP contribution in [0, 0.1) is 0 Å². The first-order valence-corrected chi connectivity index (χ1v) is 7.63. The number of hydrogen-bond acceptors (Lipinski definition) is 5. The molecule has 118 valence electrons. The quantitative estimate of drug-likeness (QED) is 0.927. The lowest BCUT2D eigenvalue weighted by Crippen LogP contribution is -2.42. The smallest absolute Gasteiger partial charge is 0.239 e. The summed E-state index contributed by atoms with van der Waals surface area (Å²) in [6.07, 6.45) is 2.32. The Kier molecular flexibility index (Phi) is 4.61. The minimum absolute atomic E-state index is 0.294. The zero-order valence-electron chi connectivity index (χ0n) is 13.9. The van der Waals surface area contributed by atoms with Crippen molar-refractivity contribution in [2.24, 2.45) is 0 Å². The van der Waals surface area contributed by atoms with Crippen molar-refractivity contribution in [2.45, 2.75) is 45.3 Å². The maximum atomic E-state index is 5.98. The van der Waals surface area contributed by atoms with Crippen LogP contribution in [0.15, 0.2) is 12.1 Å². The number of hydrogen-bond donors (Lipinski definition) is 1. The molecule has 0 saturated carbocycles. The van der Waals surface area contributed by atoms with Crippen molar-refractivity contribution in [2.75, 3.05) is 37.8 Å². The summed E-state index contributed by atoms with van der Waals surface area (Å²) in [5.41, 5.74) is 6.28. The minimum Gasteiger partial charge on any atom is -0.470 e. The fourth-order valence-electron chi connectivity index (χ4n) is 2.60. The summed E-state index contributed by atoms with van der Waals surface area (Å²) in [5, 5.41) is 0. The molecule has 1 aliphatic heterocycles. The van der Waals surface area contributed by atoms with Gasteiger partial charge in [-0.15, -0.1) is 0 Å². The van der Waals surface area contributed by atoms with Crippen LogP contribution >= 0.6 is 0 Å². The first kappa shape index (κ1) is 15.9. The number of piperidine rings is 1. The van der Waals surface area contributed by atoms with Crippen LogP contribution in [0.2, 0.25) is 0 Å². The molecule has 0 atom stereocenters. The van der Waals surface area contributed by atoms with Crippen molar-refractivity contribution < 1.29 is 4.74 Å². The number of ether oxygens (including phenoxy) is 1. The van der Waals surface area contributed by atoms with Gasteiger partial charge in [0, 0.05) is 19.1 Å². The predicted molar refractivity (Wildman–Crippen MR) is 88.0 cm³/mol. The van der Waals surface area contributed by atoms with E-state index in [9.17, 15) is 0 Å². The van der Waals surface area contributed by atoms with Crippen LogP contribution in [-0.2, 0) is 0 Å². The summed E-state index contributed by atoms with van der Waals surface area (Å²) < 4.78 is 5.85. The summed E-state index contributed by atoms with van der Waals surface area (Å²) in [7, 11) is 4.30. The zero-order chi connectivity index (χ0) is 15.6. The molecule has 0 aliphatic carbocycles. The first-order valence-electron chi connectivity index (χ1n) is 7.63. The van der Waals surface area contributed by atoms with E-state index in [2.05, 4.69) is 28.9 Å². The molecule has 1 aliphatic rings. The van der Waals surface area contributed by atoms with Gasteiger partial charge in [0.15, 0.2) is 0 Å². The summed E-state index contributed by atoms with van der Waals surface area (Å²) >= 11 is 0. The van der Waals surface area contributed by atoms with Gasteiger partial charge in [0.1, 0.15) is 11.4 Å². The Morgan fingerprint density at radius 3 is 2.38 bits per heavy atom. The third kappa shape index (κ3) is 4.24. The predicted octanol–water partition coefficient (Wildman–Crippen LogP) is 2.37. The molecule has 0 aromatic carbocycles. The highest BCUT2D eigenvalue weighted by Crippen LogP contribution is 2.28. The van der Waals surface area contributed by atoms with Gasteiger partial charge in [-0.2, -0.15) is 4.98 Å². The SMILES string of the molecule is CN(C)C1CCN(c2ccc(N)c(OC(C)(C)C)n2)CC1. The molecule has 0 spiro atoms. The van der Waals surface area contributed by atoms with E-state index in [4.69, 9.17) is 10.5 Å². The molecule has 21 heavy (non-hydrogen) atoms. The Morgan fingerprint density at radius 1 is 1.24 bits per heavy atom. The van der Waals surface area contributed by atoms with Crippen LogP contribution in [0.5, 0.6) is 5.88 Å². The molecule has 2 N–H and O–H groups in total. The largest absolute Gasteiger partial charge is 0.470 e. The number of aromatic nitrogens is 1. The highest BCUT2D eigenvalue weighted by atomic mass is 16.5. The minimum atomic E-state index is -0.294. The lowest BCUT2D eigenvalue weighted by Gasteiger charge is -2.36. The van der Waals surface area contributed by atoms with Gasteiger partial charge in [0.05, 0.1) is 5.69 Å². The average molecular weight is 292 g/mol. The fourth-order valence-corrected chi connectivity index (χ4v) is 2.60. The fraction of sp³-hybridized carbons (Fsp3) is 0.688. The van der Waals surface area contributed by atoms with Gasteiger partial charge in [-0.05, 0) is 59.8 Å². The molecular formula is C16H28N4O. The van der Waals surface area contributed by atoms with Gasteiger partial charge >= 0.3 is 0 Å². The number of anilines is 2. The van der Waals surface area contributed by atoms with Gasteiger partial charge in [0.2, 0.25) is 5.88 Å². The van der Waals surface area contributed by atoms with Crippen molar-refractivity contribution in [3.8, 4) is 5.88 Å². The molecule has 1 aromatic rings. The summed E-state index contributed by atoms with van der Waals surface area (Å²) in [4.78, 5) is 9.24. The van der Waals surface area contributed by atoms with E-state index in [1.165, 1.54) is 0 Å².